The van der Waals surface area contributed by atoms with E-state index in [-0.39, 0.29) is 23.4 Å². The minimum absolute atomic E-state index is 0.0158. The highest BCUT2D eigenvalue weighted by molar-refractivity contribution is 7.21. The summed E-state index contributed by atoms with van der Waals surface area (Å²) < 4.78 is 0.855. The Labute approximate surface area is 196 Å². The maximum Gasteiger partial charge on any atom is 0.307 e. The van der Waals surface area contributed by atoms with Gasteiger partial charge in [-0.25, -0.2) is 0 Å². The van der Waals surface area contributed by atoms with E-state index in [0.717, 1.165) is 49.0 Å². The molecule has 0 aliphatic heterocycles. The van der Waals surface area contributed by atoms with Gasteiger partial charge in [0.15, 0.2) is 0 Å². The fraction of sp³-hybridized carbons (Fsp3) is 0.214. The van der Waals surface area contributed by atoms with Crippen LogP contribution in [0.5, 0.6) is 5.75 Å². The van der Waals surface area contributed by atoms with Crippen LogP contribution in [0.2, 0.25) is 0 Å². The van der Waals surface area contributed by atoms with E-state index in [1.807, 2.05) is 63.2 Å². The molecule has 166 valence electrons. The maximum absolute atomic E-state index is 13.8. The molecule has 2 atom stereocenters. The SMILES string of the molecule is Cc1cc(C)c(C(=O)c2sc3cc(O)ccc3c2-c2ccc(C3CC3C(=O)O)cc2)c(C)c1. The first-order valence-corrected chi connectivity index (χ1v) is 11.8. The van der Waals surface area contributed by atoms with Gasteiger partial charge in [0.1, 0.15) is 5.75 Å². The first-order chi connectivity index (χ1) is 15.7. The van der Waals surface area contributed by atoms with Crippen LogP contribution in [-0.4, -0.2) is 22.0 Å². The standard InChI is InChI=1S/C28H24O4S/c1-14-10-15(2)24(16(3)11-14)26(30)27-25(20-9-8-19(29)12-23(20)33-27)18-6-4-17(5-7-18)21-13-22(21)28(31)32/h4-12,21-22,29H,13H2,1-3H3,(H,31,32). The number of carbonyl (C=O) groups is 2. The lowest BCUT2D eigenvalue weighted by Gasteiger charge is -2.11. The molecule has 5 rings (SSSR count). The number of thiophene rings is 1. The molecule has 5 heteroatoms. The average Bonchev–Trinajstić information content (AvgIpc) is 3.47. The molecule has 4 aromatic rings. The van der Waals surface area contributed by atoms with Crippen molar-refractivity contribution in [2.24, 2.45) is 5.92 Å². The van der Waals surface area contributed by atoms with Gasteiger partial charge in [-0.3, -0.25) is 9.59 Å². The van der Waals surface area contributed by atoms with Crippen molar-refractivity contribution in [1.29, 1.82) is 0 Å². The smallest absolute Gasteiger partial charge is 0.307 e. The third-order valence-electron chi connectivity index (χ3n) is 6.52. The van der Waals surface area contributed by atoms with Crippen LogP contribution in [0.15, 0.2) is 54.6 Å². The Balaban J connectivity index is 1.64. The second-order valence-electron chi connectivity index (χ2n) is 9.00. The molecule has 0 saturated heterocycles. The number of aliphatic carboxylic acids is 1. The number of hydrogen-bond acceptors (Lipinski definition) is 4. The molecule has 0 radical (unpaired) electrons. The third kappa shape index (κ3) is 3.72. The van der Waals surface area contributed by atoms with Gasteiger partial charge in [-0.1, -0.05) is 42.0 Å². The van der Waals surface area contributed by atoms with Crippen molar-refractivity contribution in [3.8, 4) is 16.9 Å². The summed E-state index contributed by atoms with van der Waals surface area (Å²) >= 11 is 1.40. The first kappa shape index (κ1) is 21.4. The van der Waals surface area contributed by atoms with Gasteiger partial charge in [-0.05, 0) is 73.6 Å². The number of carboxylic acids is 1. The van der Waals surface area contributed by atoms with Gasteiger partial charge in [-0.2, -0.15) is 0 Å². The van der Waals surface area contributed by atoms with Gasteiger partial charge in [0.2, 0.25) is 5.78 Å². The Morgan fingerprint density at radius 2 is 1.61 bits per heavy atom. The summed E-state index contributed by atoms with van der Waals surface area (Å²) in [6.45, 7) is 5.96. The molecule has 1 heterocycles. The highest BCUT2D eigenvalue weighted by Crippen LogP contribution is 2.48. The predicted molar refractivity (Wildman–Crippen MR) is 131 cm³/mol. The second kappa shape index (κ2) is 7.85. The summed E-state index contributed by atoms with van der Waals surface area (Å²) in [5, 5.41) is 20.2. The molecule has 1 aliphatic carbocycles. The molecular weight excluding hydrogens is 432 g/mol. The quantitative estimate of drug-likeness (QED) is 0.331. The van der Waals surface area contributed by atoms with E-state index in [9.17, 15) is 19.8 Å². The molecule has 1 aromatic heterocycles. The van der Waals surface area contributed by atoms with Gasteiger partial charge >= 0.3 is 5.97 Å². The van der Waals surface area contributed by atoms with Crippen molar-refractivity contribution in [2.45, 2.75) is 33.1 Å². The normalized spacial score (nSPS) is 17.3. The number of fused-ring (bicyclic) bond motifs is 1. The van der Waals surface area contributed by atoms with Crippen molar-refractivity contribution in [2.75, 3.05) is 0 Å². The van der Waals surface area contributed by atoms with Crippen LogP contribution in [0.1, 0.15) is 49.8 Å². The molecular formula is C28H24O4S. The van der Waals surface area contributed by atoms with E-state index in [1.54, 1.807) is 12.1 Å². The molecule has 1 aliphatic rings. The van der Waals surface area contributed by atoms with E-state index in [2.05, 4.69) is 0 Å². The summed E-state index contributed by atoms with van der Waals surface area (Å²) in [6, 6.07) is 17.2. The van der Waals surface area contributed by atoms with Crippen molar-refractivity contribution < 1.29 is 19.8 Å². The lowest BCUT2D eigenvalue weighted by Crippen LogP contribution is -2.06. The Morgan fingerprint density at radius 3 is 2.21 bits per heavy atom. The van der Waals surface area contributed by atoms with Gasteiger partial charge in [0.05, 0.1) is 10.8 Å². The fourth-order valence-electron chi connectivity index (χ4n) is 4.92. The zero-order valence-electron chi connectivity index (χ0n) is 18.7. The number of aromatic hydroxyl groups is 1. The summed E-state index contributed by atoms with van der Waals surface area (Å²) in [4.78, 5) is 25.7. The van der Waals surface area contributed by atoms with Gasteiger partial charge < -0.3 is 10.2 Å². The van der Waals surface area contributed by atoms with Gasteiger partial charge in [0, 0.05) is 21.2 Å². The van der Waals surface area contributed by atoms with Crippen LogP contribution in [0.25, 0.3) is 21.2 Å². The lowest BCUT2D eigenvalue weighted by molar-refractivity contribution is -0.138. The highest BCUT2D eigenvalue weighted by Gasteiger charge is 2.44. The molecule has 0 bridgehead atoms. The topological polar surface area (TPSA) is 74.6 Å². The Bertz CT molecular complexity index is 1410. The molecule has 2 unspecified atom stereocenters. The van der Waals surface area contributed by atoms with Gasteiger partial charge in [0.25, 0.3) is 0 Å². The van der Waals surface area contributed by atoms with Crippen LogP contribution in [0.4, 0.5) is 0 Å². The molecule has 4 nitrogen and oxygen atoms in total. The predicted octanol–water partition coefficient (Wildman–Crippen LogP) is 6.62. The molecule has 0 amide bonds. The van der Waals surface area contributed by atoms with Crippen LogP contribution >= 0.6 is 11.3 Å². The minimum Gasteiger partial charge on any atom is -0.508 e. The van der Waals surface area contributed by atoms with Gasteiger partial charge in [-0.15, -0.1) is 11.3 Å². The van der Waals surface area contributed by atoms with E-state index in [1.165, 1.54) is 11.3 Å². The van der Waals surface area contributed by atoms with Crippen molar-refractivity contribution >= 4 is 33.2 Å². The second-order valence-corrected chi connectivity index (χ2v) is 10.1. The maximum atomic E-state index is 13.8. The van der Waals surface area contributed by atoms with Crippen molar-refractivity contribution in [3.63, 3.8) is 0 Å². The zero-order valence-corrected chi connectivity index (χ0v) is 19.5. The summed E-state index contributed by atoms with van der Waals surface area (Å²) in [6.07, 6.45) is 0.672. The monoisotopic (exact) mass is 456 g/mol. The number of phenolic OH excluding ortho intramolecular Hbond substituents is 1. The number of carboxylic acid groups (broad SMARTS) is 1. The molecule has 33 heavy (non-hydrogen) atoms. The summed E-state index contributed by atoms with van der Waals surface area (Å²) in [7, 11) is 0. The van der Waals surface area contributed by atoms with Crippen LogP contribution < -0.4 is 0 Å². The van der Waals surface area contributed by atoms with E-state index >= 15 is 0 Å². The molecule has 0 spiro atoms. The summed E-state index contributed by atoms with van der Waals surface area (Å²) in [5.41, 5.74) is 6.53. The van der Waals surface area contributed by atoms with Crippen LogP contribution in [0.3, 0.4) is 0 Å². The van der Waals surface area contributed by atoms with Crippen LogP contribution in [-0.2, 0) is 4.79 Å². The zero-order chi connectivity index (χ0) is 23.4. The Kier molecular flexibility index (Phi) is 5.09. The lowest BCUT2D eigenvalue weighted by atomic mass is 9.92. The van der Waals surface area contributed by atoms with E-state index in [4.69, 9.17) is 0 Å². The largest absolute Gasteiger partial charge is 0.508 e. The Hall–Kier alpha value is -3.44. The highest BCUT2D eigenvalue weighted by atomic mass is 32.1. The fourth-order valence-corrected chi connectivity index (χ4v) is 6.12. The minimum atomic E-state index is -0.746. The van der Waals surface area contributed by atoms with E-state index < -0.39 is 5.97 Å². The molecule has 3 aromatic carbocycles. The number of carbonyl (C=O) groups excluding carboxylic acids is 1. The Morgan fingerprint density at radius 1 is 0.939 bits per heavy atom. The van der Waals surface area contributed by atoms with Crippen molar-refractivity contribution in [3.05, 3.63) is 87.3 Å². The molecule has 1 saturated carbocycles. The number of phenols is 1. The van der Waals surface area contributed by atoms with E-state index in [0.29, 0.717) is 11.3 Å². The number of aryl methyl sites for hydroxylation is 3. The third-order valence-corrected chi connectivity index (χ3v) is 7.67. The average molecular weight is 457 g/mol. The van der Waals surface area contributed by atoms with Crippen LogP contribution in [0, 0.1) is 26.7 Å². The molecule has 1 fully saturated rings. The number of hydrogen-bond donors (Lipinski definition) is 2. The molecule has 2 N–H and O–H groups in total. The number of benzene rings is 3. The first-order valence-electron chi connectivity index (χ1n) is 11.0. The van der Waals surface area contributed by atoms with Crippen molar-refractivity contribution in [1.82, 2.24) is 0 Å². The summed E-state index contributed by atoms with van der Waals surface area (Å²) in [5.74, 6) is -0.833. The number of rotatable bonds is 5. The number of ketones is 1.